The third-order valence-electron chi connectivity index (χ3n) is 2.21. The van der Waals surface area contributed by atoms with Crippen LogP contribution in [0.1, 0.15) is 0 Å². The van der Waals surface area contributed by atoms with Crippen molar-refractivity contribution in [3.8, 4) is 11.5 Å². The van der Waals surface area contributed by atoms with Crippen LogP contribution in [0.4, 0.5) is 5.82 Å². The first-order chi connectivity index (χ1) is 7.84. The molecule has 3 heterocycles. The summed E-state index contributed by atoms with van der Waals surface area (Å²) in [6.45, 7) is 0. The minimum Gasteiger partial charge on any atom is -0.384 e. The van der Waals surface area contributed by atoms with Gasteiger partial charge in [0.2, 0.25) is 0 Å². The highest BCUT2D eigenvalue weighted by molar-refractivity contribution is 5.56. The van der Waals surface area contributed by atoms with Crippen LogP contribution in [0.25, 0.3) is 17.2 Å². The quantitative estimate of drug-likeness (QED) is 0.644. The molecule has 0 atom stereocenters. The molecule has 0 amide bonds. The second kappa shape index (κ2) is 3.27. The average Bonchev–Trinajstić information content (AvgIpc) is 2.72. The lowest BCUT2D eigenvalue weighted by molar-refractivity contribution is 1.09. The Morgan fingerprint density at radius 3 is 3.00 bits per heavy atom. The Balaban J connectivity index is 2.26. The fourth-order valence-corrected chi connectivity index (χ4v) is 1.50. The molecule has 0 saturated heterocycles. The molecule has 0 fully saturated rings. The van der Waals surface area contributed by atoms with Crippen LogP contribution in [0.5, 0.6) is 0 Å². The molecular formula is C10H8N6. The predicted molar refractivity (Wildman–Crippen MR) is 58.4 cm³/mol. The number of aromatic nitrogens is 5. The van der Waals surface area contributed by atoms with Gasteiger partial charge >= 0.3 is 0 Å². The van der Waals surface area contributed by atoms with Crippen LogP contribution in [-0.4, -0.2) is 24.6 Å². The molecular weight excluding hydrogens is 204 g/mol. The largest absolute Gasteiger partial charge is 0.384 e. The number of hydrogen-bond donors (Lipinski definition) is 1. The van der Waals surface area contributed by atoms with Gasteiger partial charge in [0, 0.05) is 12.4 Å². The van der Waals surface area contributed by atoms with Gasteiger partial charge < -0.3 is 5.73 Å². The third-order valence-corrected chi connectivity index (χ3v) is 2.21. The zero-order valence-electron chi connectivity index (χ0n) is 8.28. The molecule has 0 aliphatic carbocycles. The van der Waals surface area contributed by atoms with Crippen LogP contribution in [0.3, 0.4) is 0 Å². The highest BCUT2D eigenvalue weighted by atomic mass is 15.3. The number of fused-ring (bicyclic) bond motifs is 1. The molecule has 78 valence electrons. The van der Waals surface area contributed by atoms with Crippen molar-refractivity contribution in [1.29, 1.82) is 0 Å². The number of nitrogens with zero attached hydrogens (tertiary/aromatic N) is 5. The van der Waals surface area contributed by atoms with E-state index >= 15 is 0 Å². The van der Waals surface area contributed by atoms with E-state index < -0.39 is 0 Å². The Morgan fingerprint density at radius 2 is 2.12 bits per heavy atom. The number of anilines is 1. The average molecular weight is 212 g/mol. The van der Waals surface area contributed by atoms with E-state index in [4.69, 9.17) is 5.73 Å². The zero-order chi connectivity index (χ0) is 11.0. The van der Waals surface area contributed by atoms with E-state index in [9.17, 15) is 0 Å². The maximum absolute atomic E-state index is 5.63. The Labute approximate surface area is 90.8 Å². The van der Waals surface area contributed by atoms with Gasteiger partial charge in [-0.2, -0.15) is 0 Å². The molecule has 0 aromatic carbocycles. The van der Waals surface area contributed by atoms with Crippen LogP contribution in [0, 0.1) is 0 Å². The Morgan fingerprint density at radius 1 is 1.19 bits per heavy atom. The highest BCUT2D eigenvalue weighted by Crippen LogP contribution is 2.15. The summed E-state index contributed by atoms with van der Waals surface area (Å²) in [7, 11) is 0. The molecule has 0 spiro atoms. The molecule has 0 saturated carbocycles. The van der Waals surface area contributed by atoms with E-state index in [2.05, 4.69) is 20.2 Å². The van der Waals surface area contributed by atoms with Gasteiger partial charge in [0.25, 0.3) is 0 Å². The van der Waals surface area contributed by atoms with E-state index in [0.717, 1.165) is 0 Å². The molecule has 3 aromatic rings. The number of rotatable bonds is 1. The molecule has 0 radical (unpaired) electrons. The van der Waals surface area contributed by atoms with Crippen LogP contribution in [-0.2, 0) is 0 Å². The molecule has 3 aromatic heterocycles. The number of pyridine rings is 1. The summed E-state index contributed by atoms with van der Waals surface area (Å²) in [4.78, 5) is 8.17. The van der Waals surface area contributed by atoms with Crippen molar-refractivity contribution in [2.75, 3.05) is 5.73 Å². The van der Waals surface area contributed by atoms with Gasteiger partial charge in [0.15, 0.2) is 11.5 Å². The maximum Gasteiger partial charge on any atom is 0.187 e. The van der Waals surface area contributed by atoms with Crippen LogP contribution >= 0.6 is 0 Å². The van der Waals surface area contributed by atoms with Gasteiger partial charge in [-0.05, 0) is 12.1 Å². The van der Waals surface area contributed by atoms with Crippen molar-refractivity contribution >= 4 is 11.5 Å². The van der Waals surface area contributed by atoms with E-state index in [1.807, 2.05) is 16.5 Å². The summed E-state index contributed by atoms with van der Waals surface area (Å²) in [5.41, 5.74) is 7.00. The van der Waals surface area contributed by atoms with Crippen molar-refractivity contribution in [1.82, 2.24) is 24.6 Å². The summed E-state index contributed by atoms with van der Waals surface area (Å²) >= 11 is 0. The molecule has 0 aliphatic rings. The lowest BCUT2D eigenvalue weighted by atomic mass is 10.3. The van der Waals surface area contributed by atoms with Gasteiger partial charge in [0.1, 0.15) is 11.5 Å². The van der Waals surface area contributed by atoms with Crippen molar-refractivity contribution in [2.24, 2.45) is 0 Å². The Bertz CT molecular complexity index is 644. The topological polar surface area (TPSA) is 82.0 Å². The van der Waals surface area contributed by atoms with Gasteiger partial charge in [-0.3, -0.25) is 9.38 Å². The van der Waals surface area contributed by atoms with E-state index in [-0.39, 0.29) is 0 Å². The summed E-state index contributed by atoms with van der Waals surface area (Å²) in [5, 5.41) is 8.06. The van der Waals surface area contributed by atoms with Crippen LogP contribution in [0.2, 0.25) is 0 Å². The molecule has 2 N–H and O–H groups in total. The van der Waals surface area contributed by atoms with Crippen molar-refractivity contribution in [3.63, 3.8) is 0 Å². The van der Waals surface area contributed by atoms with E-state index in [1.165, 1.54) is 0 Å². The first-order valence-electron chi connectivity index (χ1n) is 4.72. The standard InChI is InChI=1S/C10H8N6/c11-8-3-1-2-7(13-8)10-15-14-9-6-12-4-5-16(9)10/h1-6H,(H2,11,13). The summed E-state index contributed by atoms with van der Waals surface area (Å²) in [6.07, 6.45) is 5.10. The minimum absolute atomic E-state index is 0.461. The van der Waals surface area contributed by atoms with Crippen molar-refractivity contribution < 1.29 is 0 Å². The Hall–Kier alpha value is -2.50. The molecule has 16 heavy (non-hydrogen) atoms. The third kappa shape index (κ3) is 1.28. The highest BCUT2D eigenvalue weighted by Gasteiger charge is 2.08. The van der Waals surface area contributed by atoms with Crippen molar-refractivity contribution in [2.45, 2.75) is 0 Å². The number of nitrogen functional groups attached to an aromatic ring is 1. The zero-order valence-corrected chi connectivity index (χ0v) is 8.28. The molecule has 0 bridgehead atoms. The van der Waals surface area contributed by atoms with Crippen LogP contribution < -0.4 is 5.73 Å². The second-order valence-electron chi connectivity index (χ2n) is 3.28. The molecule has 6 nitrogen and oxygen atoms in total. The van der Waals surface area contributed by atoms with E-state index in [0.29, 0.717) is 23.0 Å². The SMILES string of the molecule is Nc1cccc(-c2nnc3cnccn23)n1. The first-order valence-corrected chi connectivity index (χ1v) is 4.72. The molecule has 0 aliphatic heterocycles. The fraction of sp³-hybridized carbons (Fsp3) is 0. The maximum atomic E-state index is 5.63. The Kier molecular flexibility index (Phi) is 1.79. The second-order valence-corrected chi connectivity index (χ2v) is 3.28. The van der Waals surface area contributed by atoms with Crippen molar-refractivity contribution in [3.05, 3.63) is 36.8 Å². The smallest absolute Gasteiger partial charge is 0.187 e. The summed E-state index contributed by atoms with van der Waals surface area (Å²) in [5.74, 6) is 1.12. The predicted octanol–water partition coefficient (Wildman–Crippen LogP) is 0.768. The molecule has 3 rings (SSSR count). The molecule has 6 heteroatoms. The lowest BCUT2D eigenvalue weighted by Gasteiger charge is -1.99. The summed E-state index contributed by atoms with van der Waals surface area (Å²) in [6, 6.07) is 5.40. The molecule has 0 unspecified atom stereocenters. The van der Waals surface area contributed by atoms with E-state index in [1.54, 1.807) is 24.7 Å². The van der Waals surface area contributed by atoms with Gasteiger partial charge in [-0.25, -0.2) is 4.98 Å². The van der Waals surface area contributed by atoms with Crippen LogP contribution in [0.15, 0.2) is 36.8 Å². The minimum atomic E-state index is 0.461. The first kappa shape index (κ1) is 8.78. The van der Waals surface area contributed by atoms with Gasteiger partial charge in [-0.1, -0.05) is 6.07 Å². The fourth-order valence-electron chi connectivity index (χ4n) is 1.50. The van der Waals surface area contributed by atoms with Gasteiger partial charge in [0.05, 0.1) is 6.20 Å². The normalized spacial score (nSPS) is 10.8. The number of nitrogens with two attached hydrogens (primary N) is 1. The summed E-state index contributed by atoms with van der Waals surface area (Å²) < 4.78 is 1.81. The monoisotopic (exact) mass is 212 g/mol. The number of hydrogen-bond acceptors (Lipinski definition) is 5. The van der Waals surface area contributed by atoms with Gasteiger partial charge in [-0.15, -0.1) is 10.2 Å². The lowest BCUT2D eigenvalue weighted by Crippen LogP contribution is -1.95.